The summed E-state index contributed by atoms with van der Waals surface area (Å²) in [5.74, 6) is 2.32. The van der Waals surface area contributed by atoms with E-state index >= 15 is 0 Å². The Morgan fingerprint density at radius 2 is 1.05 bits per heavy atom. The smallest absolute Gasteiger partial charge is 0.496 e. The molecule has 2 aromatic carbocycles. The van der Waals surface area contributed by atoms with Gasteiger partial charge in [-0.3, -0.25) is 4.79 Å². The Balaban J connectivity index is 0.00000800. The van der Waals surface area contributed by atoms with Crippen molar-refractivity contribution in [2.45, 2.75) is 60.4 Å². The molecule has 0 saturated heterocycles. The number of rotatable bonds is 18. The SMILES string of the molecule is CCOC(C)Oc1cc(OC(C)OCC)c(PC(=O)c2c(OC)cc(OC)cc2OC)c(OC(C)OCC)c1.[Li+]. The largest absolute Gasteiger partial charge is 1.00 e. The van der Waals surface area contributed by atoms with E-state index in [1.807, 2.05) is 20.8 Å². The second-order valence-electron chi connectivity index (χ2n) is 8.08. The Labute approximate surface area is 251 Å². The number of carbonyl (C=O) groups excluding carboxylic acids is 1. The van der Waals surface area contributed by atoms with Crippen molar-refractivity contribution in [1.82, 2.24) is 0 Å². The van der Waals surface area contributed by atoms with Gasteiger partial charge in [0.05, 0.1) is 26.6 Å². The van der Waals surface area contributed by atoms with Gasteiger partial charge in [-0.1, -0.05) is 0 Å². The third-order valence-corrected chi connectivity index (χ3v) is 6.53. The molecule has 4 unspecified atom stereocenters. The minimum Gasteiger partial charge on any atom is -0.496 e. The molecule has 0 aliphatic rings. The molecule has 0 heterocycles. The van der Waals surface area contributed by atoms with Gasteiger partial charge >= 0.3 is 18.9 Å². The molecule has 2 rings (SSSR count). The van der Waals surface area contributed by atoms with E-state index in [1.54, 1.807) is 45.0 Å². The van der Waals surface area contributed by atoms with Crippen LogP contribution in [0.15, 0.2) is 24.3 Å². The van der Waals surface area contributed by atoms with E-state index in [4.69, 9.17) is 42.6 Å². The molecule has 0 radical (unpaired) electrons. The number of benzene rings is 2. The molecule has 10 nitrogen and oxygen atoms in total. The normalized spacial score (nSPS) is 13.2. The topological polar surface area (TPSA) is 100 Å². The Kier molecular flexibility index (Phi) is 16.4. The fourth-order valence-electron chi connectivity index (χ4n) is 3.70. The predicted molar refractivity (Wildman–Crippen MR) is 150 cm³/mol. The molecule has 0 N–H and O–H groups in total. The van der Waals surface area contributed by atoms with Crippen LogP contribution in [0.25, 0.3) is 0 Å². The van der Waals surface area contributed by atoms with E-state index in [1.165, 1.54) is 21.3 Å². The molecule has 40 heavy (non-hydrogen) atoms. The Hall–Kier alpha value is -2.18. The summed E-state index contributed by atoms with van der Waals surface area (Å²) in [6.07, 6.45) is -1.72. The summed E-state index contributed by atoms with van der Waals surface area (Å²) in [5, 5.41) is 0.509. The Morgan fingerprint density at radius 3 is 1.43 bits per heavy atom. The van der Waals surface area contributed by atoms with Crippen LogP contribution in [-0.2, 0) is 14.2 Å². The number of carbonyl (C=O) groups is 1. The maximum Gasteiger partial charge on any atom is 1.00 e. The Morgan fingerprint density at radius 1 is 0.650 bits per heavy atom. The van der Waals surface area contributed by atoms with Gasteiger partial charge in [0.25, 0.3) is 0 Å². The van der Waals surface area contributed by atoms with Crippen LogP contribution in [0.3, 0.4) is 0 Å². The quantitative estimate of drug-likeness (QED) is 0.149. The second-order valence-corrected chi connectivity index (χ2v) is 9.28. The van der Waals surface area contributed by atoms with Crippen molar-refractivity contribution >= 4 is 19.4 Å². The summed E-state index contributed by atoms with van der Waals surface area (Å²) < 4.78 is 51.4. The van der Waals surface area contributed by atoms with Gasteiger partial charge in [-0.15, -0.1) is 0 Å². The second kappa shape index (κ2) is 18.3. The van der Waals surface area contributed by atoms with Crippen molar-refractivity contribution < 1.29 is 66.3 Å². The molecule has 4 atom stereocenters. The van der Waals surface area contributed by atoms with E-state index in [9.17, 15) is 4.79 Å². The van der Waals surface area contributed by atoms with E-state index in [0.29, 0.717) is 59.6 Å². The molecular formula is C28H41LiO10P+. The molecule has 0 aliphatic heterocycles. The molecule has 218 valence electrons. The summed E-state index contributed by atoms with van der Waals surface area (Å²) in [6, 6.07) is 6.66. The zero-order valence-corrected chi connectivity index (χ0v) is 26.2. The maximum atomic E-state index is 13.8. The summed E-state index contributed by atoms with van der Waals surface area (Å²) in [5.41, 5.74) is 0.0163. The van der Waals surface area contributed by atoms with Gasteiger partial charge < -0.3 is 42.6 Å². The number of hydrogen-bond donors (Lipinski definition) is 0. The fraction of sp³-hybridized carbons (Fsp3) is 0.536. The van der Waals surface area contributed by atoms with E-state index in [0.717, 1.165) is 0 Å². The van der Waals surface area contributed by atoms with Crippen LogP contribution >= 0.6 is 8.58 Å². The third-order valence-electron chi connectivity index (χ3n) is 5.31. The monoisotopic (exact) mass is 575 g/mol. The van der Waals surface area contributed by atoms with E-state index in [-0.39, 0.29) is 29.9 Å². The van der Waals surface area contributed by atoms with Gasteiger partial charge in [0.1, 0.15) is 40.1 Å². The van der Waals surface area contributed by atoms with Crippen LogP contribution in [0.4, 0.5) is 0 Å². The molecule has 0 spiro atoms. The van der Waals surface area contributed by atoms with Crippen LogP contribution < -0.4 is 52.6 Å². The number of methoxy groups -OCH3 is 3. The third kappa shape index (κ3) is 10.3. The fourth-order valence-corrected chi connectivity index (χ4v) is 4.81. The van der Waals surface area contributed by atoms with Crippen molar-refractivity contribution in [3.05, 3.63) is 29.8 Å². The summed E-state index contributed by atoms with van der Waals surface area (Å²) >= 11 is 0. The van der Waals surface area contributed by atoms with Crippen molar-refractivity contribution in [1.29, 1.82) is 0 Å². The van der Waals surface area contributed by atoms with Crippen molar-refractivity contribution in [2.24, 2.45) is 0 Å². The molecular weight excluding hydrogens is 534 g/mol. The molecule has 0 bridgehead atoms. The summed E-state index contributed by atoms with van der Waals surface area (Å²) in [4.78, 5) is 13.8. The van der Waals surface area contributed by atoms with Crippen LogP contribution in [0.5, 0.6) is 34.5 Å². The zero-order chi connectivity index (χ0) is 28.9. The van der Waals surface area contributed by atoms with Crippen molar-refractivity contribution in [3.8, 4) is 34.5 Å². The maximum absolute atomic E-state index is 13.8. The van der Waals surface area contributed by atoms with Gasteiger partial charge in [0.15, 0.2) is 24.4 Å². The van der Waals surface area contributed by atoms with Gasteiger partial charge in [0, 0.05) is 44.1 Å². The minimum atomic E-state index is -0.601. The molecule has 0 saturated carbocycles. The first-order valence-corrected chi connectivity index (χ1v) is 13.8. The molecule has 2 aromatic rings. The number of hydrogen-bond acceptors (Lipinski definition) is 10. The molecule has 12 heteroatoms. The van der Waals surface area contributed by atoms with E-state index in [2.05, 4.69) is 0 Å². The van der Waals surface area contributed by atoms with Gasteiger partial charge in [-0.2, -0.15) is 0 Å². The van der Waals surface area contributed by atoms with Crippen LogP contribution in [0.1, 0.15) is 51.9 Å². The van der Waals surface area contributed by atoms with Crippen molar-refractivity contribution in [2.75, 3.05) is 41.2 Å². The van der Waals surface area contributed by atoms with Gasteiger partial charge in [0.2, 0.25) is 0 Å². The molecule has 0 amide bonds. The van der Waals surface area contributed by atoms with Gasteiger partial charge in [-0.05, 0) is 50.1 Å². The number of ether oxygens (including phenoxy) is 9. The average molecular weight is 576 g/mol. The van der Waals surface area contributed by atoms with Crippen LogP contribution in [0, 0.1) is 0 Å². The summed E-state index contributed by atoms with van der Waals surface area (Å²) in [6.45, 7) is 12.3. The van der Waals surface area contributed by atoms with Gasteiger partial charge in [-0.25, -0.2) is 0 Å². The average Bonchev–Trinajstić information content (AvgIpc) is 2.89. The minimum absolute atomic E-state index is 0. The first-order chi connectivity index (χ1) is 18.7. The molecule has 0 fully saturated rings. The standard InChI is InChI=1S/C28H41O10P.Li/c1-10-33-17(4)36-21-15-24(37-18(5)34-11-2)27(25(16-21)38-19(6)35-12-3)39-28(29)26-22(31-8)13-20(30-7)14-23(26)32-9;/h13-19,39H,10-12H2,1-9H3;/q;+1. The van der Waals surface area contributed by atoms with Crippen LogP contribution in [0.2, 0.25) is 0 Å². The molecule has 0 aliphatic carbocycles. The summed E-state index contributed by atoms with van der Waals surface area (Å²) in [7, 11) is 4.05. The first kappa shape index (κ1) is 35.8. The predicted octanol–water partition coefficient (Wildman–Crippen LogP) is 2.14. The first-order valence-electron chi connectivity index (χ1n) is 12.8. The zero-order valence-electron chi connectivity index (χ0n) is 25.2. The Bertz CT molecular complexity index is 1010. The van der Waals surface area contributed by atoms with Crippen molar-refractivity contribution in [3.63, 3.8) is 0 Å². The van der Waals surface area contributed by atoms with Crippen LogP contribution in [-0.4, -0.2) is 65.5 Å². The molecule has 0 aromatic heterocycles. The van der Waals surface area contributed by atoms with E-state index < -0.39 is 27.5 Å².